The molecule has 1 aromatic carbocycles. The summed E-state index contributed by atoms with van der Waals surface area (Å²) in [7, 11) is 1.63. The molecule has 2 heterocycles. The summed E-state index contributed by atoms with van der Waals surface area (Å²) in [5, 5.41) is 4.94. The second kappa shape index (κ2) is 8.85. The quantitative estimate of drug-likeness (QED) is 0.813. The average molecular weight is 372 g/mol. The van der Waals surface area contributed by atoms with Crippen molar-refractivity contribution in [2.45, 2.75) is 32.2 Å². The van der Waals surface area contributed by atoms with E-state index in [0.29, 0.717) is 32.4 Å². The van der Waals surface area contributed by atoms with Gasteiger partial charge in [-0.2, -0.15) is 0 Å². The first kappa shape index (κ1) is 18.5. The van der Waals surface area contributed by atoms with Crippen molar-refractivity contribution in [1.29, 1.82) is 0 Å². The maximum absolute atomic E-state index is 12.3. The number of benzene rings is 1. The second-order valence-corrected chi connectivity index (χ2v) is 7.38. The van der Waals surface area contributed by atoms with Gasteiger partial charge in [0.1, 0.15) is 5.75 Å². The largest absolute Gasteiger partial charge is 0.497 e. The number of ether oxygens (including phenoxy) is 1. The highest BCUT2D eigenvalue weighted by Gasteiger charge is 2.21. The van der Waals surface area contributed by atoms with Crippen LogP contribution in [0.5, 0.6) is 5.75 Å². The van der Waals surface area contributed by atoms with E-state index in [1.165, 1.54) is 10.4 Å². The molecule has 26 heavy (non-hydrogen) atoms. The van der Waals surface area contributed by atoms with Gasteiger partial charge in [-0.25, -0.2) is 0 Å². The number of nitrogens with zero attached hydrogens (tertiary/aromatic N) is 1. The van der Waals surface area contributed by atoms with Gasteiger partial charge in [0.25, 0.3) is 0 Å². The molecular weight excluding hydrogens is 348 g/mol. The Bertz CT molecular complexity index is 755. The molecule has 0 unspecified atom stereocenters. The third kappa shape index (κ3) is 4.85. The van der Waals surface area contributed by atoms with Crippen LogP contribution in [-0.2, 0) is 29.0 Å². The normalized spacial score (nSPS) is 13.2. The maximum Gasteiger partial charge on any atom is 0.224 e. The van der Waals surface area contributed by atoms with Gasteiger partial charge in [0.2, 0.25) is 11.8 Å². The molecule has 5 nitrogen and oxygen atoms in total. The van der Waals surface area contributed by atoms with Gasteiger partial charge in [-0.05, 0) is 47.5 Å². The summed E-state index contributed by atoms with van der Waals surface area (Å²) in [4.78, 5) is 27.6. The molecule has 0 radical (unpaired) electrons. The summed E-state index contributed by atoms with van der Waals surface area (Å²) in [5.41, 5.74) is 2.36. The summed E-state index contributed by atoms with van der Waals surface area (Å²) in [6.07, 6.45) is 2.39. The first-order chi connectivity index (χ1) is 12.7. The fraction of sp³-hybridized carbons (Fsp3) is 0.400. The monoisotopic (exact) mass is 372 g/mol. The molecular formula is C20H24N2O3S. The van der Waals surface area contributed by atoms with Gasteiger partial charge in [0.05, 0.1) is 7.11 Å². The minimum absolute atomic E-state index is 0.0209. The molecule has 0 saturated heterocycles. The standard InChI is InChI=1S/C20H24N2O3S/c1-25-17-5-2-15(3-6-17)4-7-19(23)21-11-8-20(24)22-12-9-18-16(14-22)10-13-26-18/h2-3,5-6,10,13H,4,7-9,11-12,14H2,1H3,(H,21,23). The van der Waals surface area contributed by atoms with Crippen LogP contribution in [0.25, 0.3) is 0 Å². The zero-order chi connectivity index (χ0) is 18.4. The summed E-state index contributed by atoms with van der Waals surface area (Å²) in [6, 6.07) is 9.81. The Morgan fingerprint density at radius 1 is 1.19 bits per heavy atom. The number of carbonyl (C=O) groups excluding carboxylic acids is 2. The van der Waals surface area contributed by atoms with Crippen molar-refractivity contribution >= 4 is 23.2 Å². The van der Waals surface area contributed by atoms with E-state index in [-0.39, 0.29) is 11.8 Å². The van der Waals surface area contributed by atoms with Crippen molar-refractivity contribution in [2.24, 2.45) is 0 Å². The van der Waals surface area contributed by atoms with E-state index in [4.69, 9.17) is 4.74 Å². The number of hydrogen-bond donors (Lipinski definition) is 1. The van der Waals surface area contributed by atoms with Crippen LogP contribution < -0.4 is 10.1 Å². The zero-order valence-electron chi connectivity index (χ0n) is 15.0. The topological polar surface area (TPSA) is 58.6 Å². The van der Waals surface area contributed by atoms with Crippen LogP contribution in [0.15, 0.2) is 35.7 Å². The van der Waals surface area contributed by atoms with E-state index in [0.717, 1.165) is 24.3 Å². The number of nitrogens with one attached hydrogen (secondary N) is 1. The third-order valence-electron chi connectivity index (χ3n) is 4.62. The maximum atomic E-state index is 12.3. The highest BCUT2D eigenvalue weighted by molar-refractivity contribution is 7.10. The lowest BCUT2D eigenvalue weighted by Gasteiger charge is -2.27. The Kier molecular flexibility index (Phi) is 6.28. The first-order valence-corrected chi connectivity index (χ1v) is 9.76. The number of fused-ring (bicyclic) bond motifs is 1. The van der Waals surface area contributed by atoms with Gasteiger partial charge >= 0.3 is 0 Å². The zero-order valence-corrected chi connectivity index (χ0v) is 15.8. The number of aryl methyl sites for hydroxylation is 1. The lowest BCUT2D eigenvalue weighted by atomic mass is 10.1. The van der Waals surface area contributed by atoms with E-state index < -0.39 is 0 Å². The molecule has 0 atom stereocenters. The van der Waals surface area contributed by atoms with Crippen LogP contribution in [0.1, 0.15) is 28.8 Å². The lowest BCUT2D eigenvalue weighted by molar-refractivity contribution is -0.132. The molecule has 1 aromatic heterocycles. The Morgan fingerprint density at radius 2 is 2.00 bits per heavy atom. The van der Waals surface area contributed by atoms with Gasteiger partial charge < -0.3 is 15.0 Å². The van der Waals surface area contributed by atoms with E-state index in [1.807, 2.05) is 29.2 Å². The van der Waals surface area contributed by atoms with Crippen molar-refractivity contribution < 1.29 is 14.3 Å². The van der Waals surface area contributed by atoms with Gasteiger partial charge in [-0.15, -0.1) is 11.3 Å². The van der Waals surface area contributed by atoms with Crippen LogP contribution in [-0.4, -0.2) is 36.9 Å². The molecule has 0 bridgehead atoms. The molecule has 1 aliphatic rings. The Morgan fingerprint density at radius 3 is 2.77 bits per heavy atom. The fourth-order valence-corrected chi connectivity index (χ4v) is 3.96. The summed E-state index contributed by atoms with van der Waals surface area (Å²) in [6.45, 7) is 1.87. The fourth-order valence-electron chi connectivity index (χ4n) is 3.07. The molecule has 138 valence electrons. The average Bonchev–Trinajstić information content (AvgIpc) is 3.14. The minimum atomic E-state index is -0.0209. The van der Waals surface area contributed by atoms with Crippen molar-refractivity contribution in [2.75, 3.05) is 20.2 Å². The molecule has 6 heteroatoms. The third-order valence-corrected chi connectivity index (χ3v) is 5.64. The number of methoxy groups -OCH3 is 1. The number of rotatable bonds is 7. The Hall–Kier alpha value is -2.34. The predicted molar refractivity (Wildman–Crippen MR) is 102 cm³/mol. The Balaban J connectivity index is 1.35. The van der Waals surface area contributed by atoms with Crippen LogP contribution in [0.4, 0.5) is 0 Å². The molecule has 2 aromatic rings. The molecule has 1 N–H and O–H groups in total. The van der Waals surface area contributed by atoms with Crippen molar-refractivity contribution in [1.82, 2.24) is 10.2 Å². The van der Waals surface area contributed by atoms with Crippen molar-refractivity contribution in [3.63, 3.8) is 0 Å². The van der Waals surface area contributed by atoms with Gasteiger partial charge in [-0.3, -0.25) is 9.59 Å². The van der Waals surface area contributed by atoms with Crippen LogP contribution in [0.2, 0.25) is 0 Å². The minimum Gasteiger partial charge on any atom is -0.497 e. The van der Waals surface area contributed by atoms with E-state index in [1.54, 1.807) is 18.4 Å². The van der Waals surface area contributed by atoms with E-state index in [9.17, 15) is 9.59 Å². The van der Waals surface area contributed by atoms with Crippen molar-refractivity contribution in [3.05, 3.63) is 51.7 Å². The van der Waals surface area contributed by atoms with Gasteiger partial charge in [0, 0.05) is 37.4 Å². The molecule has 2 amide bonds. The molecule has 1 aliphatic heterocycles. The van der Waals surface area contributed by atoms with Crippen LogP contribution in [0.3, 0.4) is 0 Å². The Labute approximate surface area is 158 Å². The molecule has 0 aliphatic carbocycles. The van der Waals surface area contributed by atoms with E-state index in [2.05, 4.69) is 16.8 Å². The smallest absolute Gasteiger partial charge is 0.224 e. The van der Waals surface area contributed by atoms with E-state index >= 15 is 0 Å². The molecule has 0 fully saturated rings. The summed E-state index contributed by atoms with van der Waals surface area (Å²) in [5.74, 6) is 0.897. The predicted octanol–water partition coefficient (Wildman–Crippen LogP) is 2.78. The molecule has 0 spiro atoms. The second-order valence-electron chi connectivity index (χ2n) is 6.38. The number of thiophene rings is 1. The highest BCUT2D eigenvalue weighted by atomic mass is 32.1. The summed E-state index contributed by atoms with van der Waals surface area (Å²) >= 11 is 1.76. The first-order valence-electron chi connectivity index (χ1n) is 8.88. The SMILES string of the molecule is COc1ccc(CCC(=O)NCCC(=O)N2CCc3sccc3C2)cc1. The number of amides is 2. The molecule has 0 saturated carbocycles. The van der Waals surface area contributed by atoms with Crippen LogP contribution in [0, 0.1) is 0 Å². The van der Waals surface area contributed by atoms with Gasteiger partial charge in [0.15, 0.2) is 0 Å². The van der Waals surface area contributed by atoms with Gasteiger partial charge in [-0.1, -0.05) is 12.1 Å². The van der Waals surface area contributed by atoms with Crippen molar-refractivity contribution in [3.8, 4) is 5.75 Å². The number of hydrogen-bond acceptors (Lipinski definition) is 4. The van der Waals surface area contributed by atoms with Crippen LogP contribution >= 0.6 is 11.3 Å². The highest BCUT2D eigenvalue weighted by Crippen LogP contribution is 2.24. The molecule has 3 rings (SSSR count). The number of carbonyl (C=O) groups is 2. The summed E-state index contributed by atoms with van der Waals surface area (Å²) < 4.78 is 5.12. The lowest BCUT2D eigenvalue weighted by Crippen LogP contribution is -2.37.